The molecular formula is C14H18O3. The quantitative estimate of drug-likeness (QED) is 0.581. The number of carbonyl (C=O) groups excluding carboxylic acids is 2. The third-order valence-corrected chi connectivity index (χ3v) is 2.55. The van der Waals surface area contributed by atoms with Crippen LogP contribution in [0.3, 0.4) is 0 Å². The predicted molar refractivity (Wildman–Crippen MR) is 66.1 cm³/mol. The van der Waals surface area contributed by atoms with Gasteiger partial charge in [-0.2, -0.15) is 0 Å². The molecule has 1 aromatic rings. The summed E-state index contributed by atoms with van der Waals surface area (Å²) in [5, 5.41) is 0. The monoisotopic (exact) mass is 234 g/mol. The van der Waals surface area contributed by atoms with Crippen molar-refractivity contribution < 1.29 is 14.3 Å². The van der Waals surface area contributed by atoms with E-state index in [4.69, 9.17) is 4.74 Å². The van der Waals surface area contributed by atoms with Gasteiger partial charge in [0.1, 0.15) is 0 Å². The zero-order chi connectivity index (χ0) is 12.8. The van der Waals surface area contributed by atoms with Gasteiger partial charge in [-0.25, -0.2) is 0 Å². The lowest BCUT2D eigenvalue weighted by atomic mass is 9.99. The minimum absolute atomic E-state index is 0.000692. The van der Waals surface area contributed by atoms with Crippen LogP contribution in [0.5, 0.6) is 0 Å². The molecule has 0 bridgehead atoms. The first kappa shape index (κ1) is 13.4. The minimum Gasteiger partial charge on any atom is -0.466 e. The Balaban J connectivity index is 2.64. The van der Waals surface area contributed by atoms with Gasteiger partial charge in [0.05, 0.1) is 13.0 Å². The molecule has 1 aromatic carbocycles. The maximum atomic E-state index is 11.9. The summed E-state index contributed by atoms with van der Waals surface area (Å²) < 4.78 is 4.79. The molecule has 0 aliphatic heterocycles. The summed E-state index contributed by atoms with van der Waals surface area (Å²) in [5.41, 5.74) is 2.70. The van der Waals surface area contributed by atoms with Crippen molar-refractivity contribution >= 4 is 11.8 Å². The van der Waals surface area contributed by atoms with E-state index in [1.165, 1.54) is 0 Å². The van der Waals surface area contributed by atoms with Gasteiger partial charge in [-0.05, 0) is 32.4 Å². The lowest BCUT2D eigenvalue weighted by Gasteiger charge is -2.06. The molecule has 92 valence electrons. The van der Waals surface area contributed by atoms with Gasteiger partial charge < -0.3 is 4.74 Å². The molecule has 0 saturated carbocycles. The normalized spacial score (nSPS) is 10.1. The Bertz CT molecular complexity index is 421. The zero-order valence-electron chi connectivity index (χ0n) is 10.6. The molecule has 0 aliphatic carbocycles. The van der Waals surface area contributed by atoms with E-state index in [0.717, 1.165) is 11.1 Å². The van der Waals surface area contributed by atoms with Crippen LogP contribution in [0.2, 0.25) is 0 Å². The standard InChI is InChI=1S/C14H18O3/c1-4-17-14(16)8-7-13(15)12-9-10(2)5-6-11(12)3/h5-6,9H,4,7-8H2,1-3H3. The second-order valence-electron chi connectivity index (χ2n) is 4.05. The molecule has 1 rings (SSSR count). The molecule has 0 unspecified atom stereocenters. The third-order valence-electron chi connectivity index (χ3n) is 2.55. The van der Waals surface area contributed by atoms with E-state index >= 15 is 0 Å². The van der Waals surface area contributed by atoms with E-state index in [0.29, 0.717) is 12.2 Å². The largest absolute Gasteiger partial charge is 0.466 e. The Hall–Kier alpha value is -1.64. The van der Waals surface area contributed by atoms with Crippen LogP contribution in [-0.4, -0.2) is 18.4 Å². The van der Waals surface area contributed by atoms with Crippen LogP contribution in [0, 0.1) is 13.8 Å². The Kier molecular flexibility index (Phi) is 4.88. The van der Waals surface area contributed by atoms with E-state index < -0.39 is 0 Å². The molecule has 0 saturated heterocycles. The van der Waals surface area contributed by atoms with E-state index in [1.807, 2.05) is 32.0 Å². The average Bonchev–Trinajstić information content (AvgIpc) is 2.29. The summed E-state index contributed by atoms with van der Waals surface area (Å²) in [7, 11) is 0. The molecule has 0 atom stereocenters. The number of aryl methyl sites for hydroxylation is 2. The fourth-order valence-electron chi connectivity index (χ4n) is 1.62. The van der Waals surface area contributed by atoms with Crippen molar-refractivity contribution in [1.29, 1.82) is 0 Å². The molecule has 0 N–H and O–H groups in total. The van der Waals surface area contributed by atoms with Crippen molar-refractivity contribution in [1.82, 2.24) is 0 Å². The zero-order valence-corrected chi connectivity index (χ0v) is 10.6. The maximum absolute atomic E-state index is 11.9. The van der Waals surface area contributed by atoms with Crippen molar-refractivity contribution in [2.24, 2.45) is 0 Å². The summed E-state index contributed by atoms with van der Waals surface area (Å²) in [6, 6.07) is 5.76. The van der Waals surface area contributed by atoms with Gasteiger partial charge in [-0.3, -0.25) is 9.59 Å². The SMILES string of the molecule is CCOC(=O)CCC(=O)c1cc(C)ccc1C. The van der Waals surface area contributed by atoms with Crippen molar-refractivity contribution in [3.8, 4) is 0 Å². The highest BCUT2D eigenvalue weighted by molar-refractivity contribution is 5.98. The first-order chi connectivity index (χ1) is 8.04. The molecule has 0 fully saturated rings. The topological polar surface area (TPSA) is 43.4 Å². The van der Waals surface area contributed by atoms with Gasteiger partial charge in [0.15, 0.2) is 5.78 Å². The van der Waals surface area contributed by atoms with Gasteiger partial charge in [0.25, 0.3) is 0 Å². The molecule has 0 amide bonds. The molecular weight excluding hydrogens is 216 g/mol. The second-order valence-corrected chi connectivity index (χ2v) is 4.05. The minimum atomic E-state index is -0.314. The van der Waals surface area contributed by atoms with Crippen LogP contribution in [0.1, 0.15) is 41.3 Å². The fourth-order valence-corrected chi connectivity index (χ4v) is 1.62. The molecule has 17 heavy (non-hydrogen) atoms. The van der Waals surface area contributed by atoms with Gasteiger partial charge in [-0.1, -0.05) is 17.7 Å². The van der Waals surface area contributed by atoms with Gasteiger partial charge in [0.2, 0.25) is 0 Å². The Labute approximate surface area is 102 Å². The van der Waals surface area contributed by atoms with E-state index in [1.54, 1.807) is 6.92 Å². The maximum Gasteiger partial charge on any atom is 0.306 e. The summed E-state index contributed by atoms with van der Waals surface area (Å²) in [5.74, 6) is -0.314. The summed E-state index contributed by atoms with van der Waals surface area (Å²) in [4.78, 5) is 23.1. The molecule has 3 nitrogen and oxygen atoms in total. The summed E-state index contributed by atoms with van der Waals surface area (Å²) >= 11 is 0. The number of ether oxygens (including phenoxy) is 1. The summed E-state index contributed by atoms with van der Waals surface area (Å²) in [6.45, 7) is 5.96. The number of esters is 1. The van der Waals surface area contributed by atoms with Gasteiger partial charge >= 0.3 is 5.97 Å². The number of hydrogen-bond acceptors (Lipinski definition) is 3. The Morgan fingerprint density at radius 2 is 1.88 bits per heavy atom. The number of hydrogen-bond donors (Lipinski definition) is 0. The molecule has 0 spiro atoms. The van der Waals surface area contributed by atoms with Crippen LogP contribution in [-0.2, 0) is 9.53 Å². The van der Waals surface area contributed by atoms with E-state index in [2.05, 4.69) is 0 Å². The highest BCUT2D eigenvalue weighted by Crippen LogP contribution is 2.14. The van der Waals surface area contributed by atoms with Crippen molar-refractivity contribution in [2.45, 2.75) is 33.6 Å². The average molecular weight is 234 g/mol. The third kappa shape index (κ3) is 4.02. The van der Waals surface area contributed by atoms with E-state index in [-0.39, 0.29) is 24.6 Å². The first-order valence-electron chi connectivity index (χ1n) is 5.80. The molecule has 3 heteroatoms. The van der Waals surface area contributed by atoms with Gasteiger partial charge in [-0.15, -0.1) is 0 Å². The number of Topliss-reactive ketones (excluding diaryl/α,β-unsaturated/α-hetero) is 1. The molecule has 0 heterocycles. The molecule has 0 aromatic heterocycles. The van der Waals surface area contributed by atoms with Crippen molar-refractivity contribution in [3.05, 3.63) is 34.9 Å². The Morgan fingerprint density at radius 3 is 2.53 bits per heavy atom. The summed E-state index contributed by atoms with van der Waals surface area (Å²) in [6.07, 6.45) is 0.364. The van der Waals surface area contributed by atoms with Crippen LogP contribution >= 0.6 is 0 Å². The van der Waals surface area contributed by atoms with Crippen LogP contribution in [0.15, 0.2) is 18.2 Å². The highest BCUT2D eigenvalue weighted by Gasteiger charge is 2.12. The molecule has 0 radical (unpaired) electrons. The fraction of sp³-hybridized carbons (Fsp3) is 0.429. The lowest BCUT2D eigenvalue weighted by molar-refractivity contribution is -0.143. The second kappa shape index (κ2) is 6.18. The van der Waals surface area contributed by atoms with Crippen molar-refractivity contribution in [2.75, 3.05) is 6.61 Å². The number of benzene rings is 1. The van der Waals surface area contributed by atoms with Gasteiger partial charge in [0, 0.05) is 12.0 Å². The first-order valence-corrected chi connectivity index (χ1v) is 5.80. The number of carbonyl (C=O) groups is 2. The smallest absolute Gasteiger partial charge is 0.306 e. The highest BCUT2D eigenvalue weighted by atomic mass is 16.5. The molecule has 0 aliphatic rings. The van der Waals surface area contributed by atoms with Crippen LogP contribution < -0.4 is 0 Å². The number of ketones is 1. The van der Waals surface area contributed by atoms with Crippen molar-refractivity contribution in [3.63, 3.8) is 0 Å². The van der Waals surface area contributed by atoms with Crippen LogP contribution in [0.4, 0.5) is 0 Å². The Morgan fingerprint density at radius 1 is 1.18 bits per heavy atom. The van der Waals surface area contributed by atoms with E-state index in [9.17, 15) is 9.59 Å². The lowest BCUT2D eigenvalue weighted by Crippen LogP contribution is -2.09. The van der Waals surface area contributed by atoms with Crippen LogP contribution in [0.25, 0.3) is 0 Å². The predicted octanol–water partition coefficient (Wildman–Crippen LogP) is 2.83. The number of rotatable bonds is 5.